The molecule has 0 N–H and O–H groups in total. The van der Waals surface area contributed by atoms with Gasteiger partial charge in [-0.1, -0.05) is 42.0 Å². The molecule has 2 saturated heterocycles. The first-order valence-corrected chi connectivity index (χ1v) is 11.4. The average molecular weight is 406 g/mol. The number of carbonyl (C=O) groups excluding carboxylic acids is 1. The minimum Gasteiger partial charge on any atom is -0.368 e. The van der Waals surface area contributed by atoms with E-state index in [1.165, 1.54) is 27.9 Å². The molecule has 2 aliphatic rings. The van der Waals surface area contributed by atoms with Gasteiger partial charge in [0.1, 0.15) is 0 Å². The van der Waals surface area contributed by atoms with Gasteiger partial charge in [-0.15, -0.1) is 0 Å². The van der Waals surface area contributed by atoms with E-state index in [1.54, 1.807) is 0 Å². The summed E-state index contributed by atoms with van der Waals surface area (Å²) in [6, 6.07) is 15.3. The molecule has 2 aliphatic heterocycles. The van der Waals surface area contributed by atoms with Crippen molar-refractivity contribution in [3.8, 4) is 0 Å². The number of likely N-dealkylation sites (tertiary alicyclic amines) is 1. The predicted octanol–water partition coefficient (Wildman–Crippen LogP) is 4.17. The van der Waals surface area contributed by atoms with E-state index in [-0.39, 0.29) is 5.92 Å². The van der Waals surface area contributed by atoms with Crippen molar-refractivity contribution in [3.05, 3.63) is 64.7 Å². The smallest absolute Gasteiger partial charge is 0.227 e. The normalized spacial score (nSPS) is 20.4. The highest BCUT2D eigenvalue weighted by Gasteiger charge is 2.31. The van der Waals surface area contributed by atoms with Crippen LogP contribution in [0.15, 0.2) is 42.5 Å². The molecule has 0 radical (unpaired) electrons. The second-order valence-corrected chi connectivity index (χ2v) is 9.09. The van der Waals surface area contributed by atoms with Crippen LogP contribution in [0.1, 0.15) is 35.1 Å². The van der Waals surface area contributed by atoms with Gasteiger partial charge in [-0.3, -0.25) is 9.69 Å². The summed E-state index contributed by atoms with van der Waals surface area (Å²) >= 11 is 0. The zero-order valence-corrected chi connectivity index (χ0v) is 18.7. The lowest BCUT2D eigenvalue weighted by Gasteiger charge is -2.40. The number of amides is 1. The average Bonchev–Trinajstić information content (AvgIpc) is 2.76. The fourth-order valence-electron chi connectivity index (χ4n) is 4.97. The maximum atomic E-state index is 13.3. The van der Waals surface area contributed by atoms with Crippen molar-refractivity contribution in [2.24, 2.45) is 5.92 Å². The van der Waals surface area contributed by atoms with Gasteiger partial charge in [0.15, 0.2) is 0 Å². The summed E-state index contributed by atoms with van der Waals surface area (Å²) in [6.45, 7) is 13.0. The molecule has 4 nitrogen and oxygen atoms in total. The molecule has 1 atom stereocenters. The number of benzene rings is 2. The molecule has 160 valence electrons. The predicted molar refractivity (Wildman–Crippen MR) is 124 cm³/mol. The van der Waals surface area contributed by atoms with Crippen LogP contribution in [0.2, 0.25) is 0 Å². The van der Waals surface area contributed by atoms with Gasteiger partial charge in [0.05, 0.1) is 5.92 Å². The van der Waals surface area contributed by atoms with Crippen LogP contribution < -0.4 is 4.90 Å². The molecule has 2 aromatic rings. The molecule has 0 bridgehead atoms. The Labute approximate surface area is 181 Å². The SMILES string of the molecule is Cc1cccc(CN2CCCC(C(=O)N3CCN(c4cccc(C)c4C)CC3)C2)c1. The maximum Gasteiger partial charge on any atom is 0.227 e. The van der Waals surface area contributed by atoms with Crippen molar-refractivity contribution in [2.75, 3.05) is 44.2 Å². The van der Waals surface area contributed by atoms with Crippen molar-refractivity contribution < 1.29 is 4.79 Å². The molecule has 2 fully saturated rings. The van der Waals surface area contributed by atoms with Gasteiger partial charge in [-0.2, -0.15) is 0 Å². The number of anilines is 1. The molecule has 1 unspecified atom stereocenters. The number of rotatable bonds is 4. The Kier molecular flexibility index (Phi) is 6.43. The number of hydrogen-bond donors (Lipinski definition) is 0. The molecule has 30 heavy (non-hydrogen) atoms. The topological polar surface area (TPSA) is 26.8 Å². The van der Waals surface area contributed by atoms with E-state index in [4.69, 9.17) is 0 Å². The monoisotopic (exact) mass is 405 g/mol. The molecule has 0 spiro atoms. The number of piperazine rings is 1. The van der Waals surface area contributed by atoms with Crippen LogP contribution in [0.4, 0.5) is 5.69 Å². The second kappa shape index (κ2) is 9.22. The van der Waals surface area contributed by atoms with E-state index in [9.17, 15) is 4.79 Å². The molecule has 1 amide bonds. The van der Waals surface area contributed by atoms with Gasteiger partial charge in [0.25, 0.3) is 0 Å². The Morgan fingerprint density at radius 1 is 0.967 bits per heavy atom. The van der Waals surface area contributed by atoms with Crippen LogP contribution in [-0.2, 0) is 11.3 Å². The Morgan fingerprint density at radius 2 is 1.73 bits per heavy atom. The Morgan fingerprint density at radius 3 is 2.50 bits per heavy atom. The first-order chi connectivity index (χ1) is 14.5. The van der Waals surface area contributed by atoms with Gasteiger partial charge in [-0.05, 0) is 62.9 Å². The summed E-state index contributed by atoms with van der Waals surface area (Å²) in [4.78, 5) is 20.3. The fraction of sp³-hybridized carbons (Fsp3) is 0.500. The van der Waals surface area contributed by atoms with Crippen LogP contribution >= 0.6 is 0 Å². The van der Waals surface area contributed by atoms with E-state index in [1.807, 2.05) is 0 Å². The Hall–Kier alpha value is -2.33. The van der Waals surface area contributed by atoms with Crippen molar-refractivity contribution in [1.82, 2.24) is 9.80 Å². The van der Waals surface area contributed by atoms with E-state index in [2.05, 4.69) is 77.9 Å². The third-order valence-electron chi connectivity index (χ3n) is 6.85. The second-order valence-electron chi connectivity index (χ2n) is 9.09. The molecular weight excluding hydrogens is 370 g/mol. The lowest BCUT2D eigenvalue weighted by molar-refractivity contribution is -0.137. The van der Waals surface area contributed by atoms with E-state index >= 15 is 0 Å². The zero-order valence-electron chi connectivity index (χ0n) is 18.7. The molecule has 2 heterocycles. The molecular formula is C26H35N3O. The number of nitrogens with zero attached hydrogens (tertiary/aromatic N) is 3. The van der Waals surface area contributed by atoms with E-state index in [0.29, 0.717) is 5.91 Å². The van der Waals surface area contributed by atoms with Gasteiger partial charge < -0.3 is 9.80 Å². The van der Waals surface area contributed by atoms with Gasteiger partial charge >= 0.3 is 0 Å². The van der Waals surface area contributed by atoms with Crippen molar-refractivity contribution in [1.29, 1.82) is 0 Å². The standard InChI is InChI=1S/C26H35N3O/c1-20-7-4-9-23(17-20)18-27-12-6-10-24(19-27)26(30)29-15-13-28(14-16-29)25-11-5-8-21(2)22(25)3/h4-5,7-9,11,17,24H,6,10,12-16,18-19H2,1-3H3. The highest BCUT2D eigenvalue weighted by molar-refractivity contribution is 5.79. The van der Waals surface area contributed by atoms with E-state index < -0.39 is 0 Å². The molecule has 4 rings (SSSR count). The summed E-state index contributed by atoms with van der Waals surface area (Å²) in [5.41, 5.74) is 6.67. The summed E-state index contributed by atoms with van der Waals surface area (Å²) in [5, 5.41) is 0. The molecule has 2 aromatic carbocycles. The Balaban J connectivity index is 1.33. The molecule has 0 saturated carbocycles. The van der Waals surface area contributed by atoms with E-state index in [0.717, 1.165) is 58.7 Å². The lowest BCUT2D eigenvalue weighted by atomic mass is 9.95. The van der Waals surface area contributed by atoms with Crippen LogP contribution in [0, 0.1) is 26.7 Å². The Bertz CT molecular complexity index is 886. The van der Waals surface area contributed by atoms with Gasteiger partial charge in [0, 0.05) is 45.0 Å². The first kappa shape index (κ1) is 20.9. The van der Waals surface area contributed by atoms with Gasteiger partial charge in [-0.25, -0.2) is 0 Å². The summed E-state index contributed by atoms with van der Waals surface area (Å²) in [6.07, 6.45) is 2.14. The third kappa shape index (κ3) is 4.70. The maximum absolute atomic E-state index is 13.3. The van der Waals surface area contributed by atoms with Gasteiger partial charge in [0.2, 0.25) is 5.91 Å². The number of hydrogen-bond acceptors (Lipinski definition) is 3. The fourth-order valence-corrected chi connectivity index (χ4v) is 4.97. The minimum absolute atomic E-state index is 0.149. The van der Waals surface area contributed by atoms with Crippen LogP contribution in [-0.4, -0.2) is 55.0 Å². The minimum atomic E-state index is 0.149. The van der Waals surface area contributed by atoms with Crippen LogP contribution in [0.3, 0.4) is 0 Å². The number of carbonyl (C=O) groups is 1. The van der Waals surface area contributed by atoms with Crippen LogP contribution in [0.25, 0.3) is 0 Å². The quantitative estimate of drug-likeness (QED) is 0.764. The number of piperidine rings is 1. The highest BCUT2D eigenvalue weighted by atomic mass is 16.2. The summed E-state index contributed by atoms with van der Waals surface area (Å²) in [7, 11) is 0. The van der Waals surface area contributed by atoms with Crippen LogP contribution in [0.5, 0.6) is 0 Å². The largest absolute Gasteiger partial charge is 0.368 e. The summed E-state index contributed by atoms with van der Waals surface area (Å²) in [5.74, 6) is 0.514. The first-order valence-electron chi connectivity index (χ1n) is 11.4. The third-order valence-corrected chi connectivity index (χ3v) is 6.85. The lowest BCUT2D eigenvalue weighted by Crippen LogP contribution is -2.52. The van der Waals surface area contributed by atoms with Crippen molar-refractivity contribution in [2.45, 2.75) is 40.2 Å². The highest BCUT2D eigenvalue weighted by Crippen LogP contribution is 2.26. The van der Waals surface area contributed by atoms with Crippen molar-refractivity contribution in [3.63, 3.8) is 0 Å². The number of aryl methyl sites for hydroxylation is 2. The molecule has 0 aliphatic carbocycles. The van der Waals surface area contributed by atoms with Crippen molar-refractivity contribution >= 4 is 11.6 Å². The zero-order chi connectivity index (χ0) is 21.1. The molecule has 4 heteroatoms. The summed E-state index contributed by atoms with van der Waals surface area (Å²) < 4.78 is 0. The molecule has 0 aromatic heterocycles.